The van der Waals surface area contributed by atoms with Crippen LogP contribution in [0.4, 0.5) is 17.1 Å². The van der Waals surface area contributed by atoms with Crippen LogP contribution in [0.2, 0.25) is 0 Å². The summed E-state index contributed by atoms with van der Waals surface area (Å²) in [5.41, 5.74) is 8.73. The molecule has 7 rings (SSSR count). The summed E-state index contributed by atoms with van der Waals surface area (Å²) in [6.45, 7) is 8.20. The van der Waals surface area contributed by atoms with Crippen LogP contribution in [0.5, 0.6) is 0 Å². The van der Waals surface area contributed by atoms with Crippen LogP contribution in [0.1, 0.15) is 66.7 Å². The standard InChI is InChI=1S/C44H42N2/c1-43(2)24-25-44(3,4)39-29-32(22-23-38(39)43)36-18-13-19-37(42(36)46-41-21-12-11-20-40(41)45)35-27-33(30-14-7-5-8-15-30)26-34(28-35)31-16-9-6-10-17-31/h5-23,26-29,46H,24-25,45H2,1-4H3/i5D,7D,8D,14D,15D,22D,23D,26D,27D,28D,29D. The van der Waals surface area contributed by atoms with Crippen molar-refractivity contribution in [1.29, 1.82) is 0 Å². The molecule has 46 heavy (non-hydrogen) atoms. The lowest BCUT2D eigenvalue weighted by atomic mass is 9.63. The first kappa shape index (κ1) is 19.4. The van der Waals surface area contributed by atoms with E-state index in [1.165, 1.54) is 0 Å². The van der Waals surface area contributed by atoms with Gasteiger partial charge in [-0.2, -0.15) is 0 Å². The molecule has 0 saturated carbocycles. The van der Waals surface area contributed by atoms with Crippen molar-refractivity contribution >= 4 is 17.1 Å². The third kappa shape index (κ3) is 5.61. The molecule has 0 radical (unpaired) electrons. The average Bonchev–Trinajstić information content (AvgIpc) is 3.16. The van der Waals surface area contributed by atoms with Crippen molar-refractivity contribution in [2.24, 2.45) is 0 Å². The van der Waals surface area contributed by atoms with Crippen molar-refractivity contribution in [2.75, 3.05) is 11.1 Å². The summed E-state index contributed by atoms with van der Waals surface area (Å²) < 4.78 is 100. The second-order valence-electron chi connectivity index (χ2n) is 13.1. The van der Waals surface area contributed by atoms with Gasteiger partial charge < -0.3 is 11.1 Å². The number of para-hydroxylation sites is 3. The Kier molecular flexibility index (Phi) is 4.94. The summed E-state index contributed by atoms with van der Waals surface area (Å²) >= 11 is 0. The van der Waals surface area contributed by atoms with Gasteiger partial charge in [0, 0.05) is 11.1 Å². The molecule has 0 amide bonds. The number of rotatable bonds is 6. The highest BCUT2D eigenvalue weighted by Gasteiger charge is 2.37. The molecule has 0 fully saturated rings. The van der Waals surface area contributed by atoms with E-state index in [-0.39, 0.29) is 69.3 Å². The van der Waals surface area contributed by atoms with Crippen molar-refractivity contribution < 1.29 is 15.1 Å². The van der Waals surface area contributed by atoms with Gasteiger partial charge in [0.1, 0.15) is 0 Å². The molecule has 0 spiro atoms. The molecular weight excluding hydrogens is 556 g/mol. The fourth-order valence-electron chi connectivity index (χ4n) is 6.13. The smallest absolute Gasteiger partial charge is 0.0636 e. The number of hydrogen-bond donors (Lipinski definition) is 2. The maximum atomic E-state index is 9.79. The zero-order valence-corrected chi connectivity index (χ0v) is 26.4. The lowest BCUT2D eigenvalue weighted by Crippen LogP contribution is -2.33. The summed E-state index contributed by atoms with van der Waals surface area (Å²) in [4.78, 5) is 0. The monoisotopic (exact) mass is 609 g/mol. The molecule has 2 heteroatoms. The van der Waals surface area contributed by atoms with Crippen LogP contribution in [0, 0.1) is 0 Å². The lowest BCUT2D eigenvalue weighted by Gasteiger charge is -2.42. The Morgan fingerprint density at radius 1 is 0.543 bits per heavy atom. The van der Waals surface area contributed by atoms with E-state index in [1.807, 2.05) is 13.8 Å². The Balaban J connectivity index is 1.66. The van der Waals surface area contributed by atoms with Crippen LogP contribution in [0.15, 0.2) is 139 Å². The summed E-state index contributed by atoms with van der Waals surface area (Å²) in [7, 11) is 0. The number of anilines is 3. The number of nitrogen functional groups attached to an aromatic ring is 1. The minimum atomic E-state index is -0.623. The van der Waals surface area contributed by atoms with Gasteiger partial charge in [-0.25, -0.2) is 0 Å². The number of hydrogen-bond acceptors (Lipinski definition) is 2. The quantitative estimate of drug-likeness (QED) is 0.184. The second-order valence-corrected chi connectivity index (χ2v) is 13.1. The van der Waals surface area contributed by atoms with Crippen molar-refractivity contribution in [3.05, 3.63) is 150 Å². The van der Waals surface area contributed by atoms with Crippen molar-refractivity contribution in [3.63, 3.8) is 0 Å². The maximum Gasteiger partial charge on any atom is 0.0636 e. The Hall–Kier alpha value is -5.08. The van der Waals surface area contributed by atoms with Crippen molar-refractivity contribution in [1.82, 2.24) is 0 Å². The first-order chi connectivity index (χ1) is 26.8. The van der Waals surface area contributed by atoms with Gasteiger partial charge in [0.15, 0.2) is 0 Å². The number of nitrogens with two attached hydrogens (primary N) is 1. The van der Waals surface area contributed by atoms with E-state index in [4.69, 9.17) is 12.6 Å². The third-order valence-electron chi connectivity index (χ3n) is 8.93. The Bertz CT molecular complexity index is 2610. The van der Waals surface area contributed by atoms with Gasteiger partial charge in [-0.15, -0.1) is 0 Å². The van der Waals surface area contributed by atoms with Crippen LogP contribution in [0.25, 0.3) is 44.5 Å². The molecule has 0 heterocycles. The van der Waals surface area contributed by atoms with Gasteiger partial charge >= 0.3 is 0 Å². The SMILES string of the molecule is [2H]c1c([2H])c([2H])c(-c2c([2H])c(-c3ccccc3)c([2H])c(-c3cccc(-c4c([2H])c([2H])c5c(c4[2H])C(C)(C)CCC5(C)C)c3Nc3ccccc3N)c2[2H])c([2H])c1[2H]. The first-order valence-corrected chi connectivity index (χ1v) is 15.5. The number of nitrogens with one attached hydrogen (secondary N) is 1. The highest BCUT2D eigenvalue weighted by molar-refractivity contribution is 5.96. The maximum absolute atomic E-state index is 9.79. The fourth-order valence-corrected chi connectivity index (χ4v) is 6.13. The van der Waals surface area contributed by atoms with Crippen LogP contribution < -0.4 is 11.1 Å². The molecule has 0 bridgehead atoms. The molecule has 3 N–H and O–H groups in total. The van der Waals surface area contributed by atoms with E-state index in [0.29, 0.717) is 33.6 Å². The van der Waals surface area contributed by atoms with E-state index in [0.717, 1.165) is 12.8 Å². The van der Waals surface area contributed by atoms with E-state index < -0.39 is 47.1 Å². The highest BCUT2D eigenvalue weighted by Crippen LogP contribution is 2.48. The highest BCUT2D eigenvalue weighted by atomic mass is 14.9. The average molecular weight is 610 g/mol. The van der Waals surface area contributed by atoms with Gasteiger partial charge in [-0.3, -0.25) is 0 Å². The molecule has 2 nitrogen and oxygen atoms in total. The topological polar surface area (TPSA) is 38.0 Å². The van der Waals surface area contributed by atoms with Crippen molar-refractivity contribution in [2.45, 2.75) is 51.4 Å². The summed E-state index contributed by atoms with van der Waals surface area (Å²) in [5.74, 6) is 0. The molecule has 0 aromatic heterocycles. The molecule has 1 aliphatic carbocycles. The van der Waals surface area contributed by atoms with E-state index in [2.05, 4.69) is 19.2 Å². The molecule has 6 aromatic rings. The van der Waals surface area contributed by atoms with E-state index >= 15 is 0 Å². The van der Waals surface area contributed by atoms with Crippen LogP contribution in [-0.2, 0) is 10.8 Å². The zero-order valence-electron chi connectivity index (χ0n) is 37.4. The van der Waals surface area contributed by atoms with Crippen LogP contribution in [0.3, 0.4) is 0 Å². The Morgan fingerprint density at radius 3 is 1.87 bits per heavy atom. The van der Waals surface area contributed by atoms with E-state index in [1.54, 1.807) is 72.8 Å². The normalized spacial score (nSPS) is 18.1. The first-order valence-electron chi connectivity index (χ1n) is 21.0. The summed E-state index contributed by atoms with van der Waals surface area (Å²) in [5, 5.41) is 3.41. The van der Waals surface area contributed by atoms with Gasteiger partial charge in [0.25, 0.3) is 0 Å². The minimum Gasteiger partial charge on any atom is -0.397 e. The summed E-state index contributed by atoms with van der Waals surface area (Å²) in [6, 6.07) is 16.7. The molecule has 0 saturated heterocycles. The van der Waals surface area contributed by atoms with Gasteiger partial charge in [-0.05, 0) is 98.4 Å². The molecule has 0 unspecified atom stereocenters. The predicted molar refractivity (Wildman–Crippen MR) is 198 cm³/mol. The second kappa shape index (κ2) is 11.7. The van der Waals surface area contributed by atoms with Crippen LogP contribution >= 0.6 is 0 Å². The molecule has 228 valence electrons. The van der Waals surface area contributed by atoms with Gasteiger partial charge in [0.05, 0.1) is 32.1 Å². The largest absolute Gasteiger partial charge is 0.397 e. The Labute approximate surface area is 289 Å². The molecular formula is C44H42N2. The number of fused-ring (bicyclic) bond motifs is 1. The minimum absolute atomic E-state index is 0.0194. The molecule has 0 aliphatic heterocycles. The molecule has 1 aliphatic rings. The van der Waals surface area contributed by atoms with Gasteiger partial charge in [0.2, 0.25) is 0 Å². The zero-order chi connectivity index (χ0) is 41.5. The molecule has 0 atom stereocenters. The Morgan fingerprint density at radius 2 is 1.15 bits per heavy atom. The predicted octanol–water partition coefficient (Wildman–Crippen LogP) is 12.0. The van der Waals surface area contributed by atoms with Gasteiger partial charge in [-0.1, -0.05) is 137 Å². The lowest BCUT2D eigenvalue weighted by molar-refractivity contribution is 0.332. The van der Waals surface area contributed by atoms with E-state index in [9.17, 15) is 8.22 Å². The molecule has 6 aromatic carbocycles. The van der Waals surface area contributed by atoms with Crippen molar-refractivity contribution in [3.8, 4) is 44.5 Å². The van der Waals surface area contributed by atoms with Crippen LogP contribution in [-0.4, -0.2) is 0 Å². The number of benzene rings is 6. The summed E-state index contributed by atoms with van der Waals surface area (Å²) in [6.07, 6.45) is 1.56. The third-order valence-corrected chi connectivity index (χ3v) is 8.93. The fraction of sp³-hybridized carbons (Fsp3) is 0.182.